The molecule has 3 rings (SSSR count). The van der Waals surface area contributed by atoms with Crippen molar-refractivity contribution in [3.05, 3.63) is 54.1 Å². The van der Waals surface area contributed by atoms with Gasteiger partial charge in [0.25, 0.3) is 5.91 Å². The molecule has 0 unspecified atom stereocenters. The van der Waals surface area contributed by atoms with Gasteiger partial charge in [0.15, 0.2) is 6.10 Å². The van der Waals surface area contributed by atoms with Gasteiger partial charge >= 0.3 is 5.97 Å². The van der Waals surface area contributed by atoms with E-state index in [1.54, 1.807) is 18.2 Å². The SMILES string of the molecule is CCc1ccc(NC(=O)[C@@H](C)OC(=O)[C@H]2CC(=O)N(c3ccccc3OC)C2)cc1. The minimum absolute atomic E-state index is 0.0314. The Bertz CT molecular complexity index is 925. The standard InChI is InChI=1S/C23H26N2O5/c1-4-16-9-11-18(12-10-16)24-22(27)15(2)30-23(28)17-13-21(26)25(14-17)19-7-5-6-8-20(19)29-3/h5-12,15,17H,4,13-14H2,1-3H3,(H,24,27)/t15-,17+/m1/s1. The summed E-state index contributed by atoms with van der Waals surface area (Å²) < 4.78 is 10.6. The normalized spacial score (nSPS) is 16.8. The maximum atomic E-state index is 12.6. The van der Waals surface area contributed by atoms with Crippen LogP contribution in [0.4, 0.5) is 11.4 Å². The van der Waals surface area contributed by atoms with Crippen LogP contribution in [0, 0.1) is 5.92 Å². The summed E-state index contributed by atoms with van der Waals surface area (Å²) in [5.74, 6) is -1.25. The van der Waals surface area contributed by atoms with Crippen molar-refractivity contribution >= 4 is 29.2 Å². The van der Waals surface area contributed by atoms with Gasteiger partial charge in [-0.05, 0) is 43.2 Å². The van der Waals surface area contributed by atoms with Gasteiger partial charge in [0.05, 0.1) is 18.7 Å². The highest BCUT2D eigenvalue weighted by Gasteiger charge is 2.38. The number of anilines is 2. The highest BCUT2D eigenvalue weighted by atomic mass is 16.5. The predicted octanol–water partition coefficient (Wildman–Crippen LogP) is 3.18. The first-order chi connectivity index (χ1) is 14.4. The van der Waals surface area contributed by atoms with Gasteiger partial charge in [0.1, 0.15) is 5.75 Å². The van der Waals surface area contributed by atoms with Crippen LogP contribution in [0.1, 0.15) is 25.8 Å². The number of carbonyl (C=O) groups is 3. The fourth-order valence-corrected chi connectivity index (χ4v) is 3.34. The molecule has 1 saturated heterocycles. The van der Waals surface area contributed by atoms with Crippen molar-refractivity contribution in [2.45, 2.75) is 32.8 Å². The molecule has 0 bridgehead atoms. The van der Waals surface area contributed by atoms with Gasteiger partial charge in [0.2, 0.25) is 5.91 Å². The van der Waals surface area contributed by atoms with E-state index in [9.17, 15) is 14.4 Å². The summed E-state index contributed by atoms with van der Waals surface area (Å²) in [6.07, 6.45) is -0.0310. The van der Waals surface area contributed by atoms with Crippen LogP contribution < -0.4 is 15.0 Å². The number of rotatable bonds is 7. The molecule has 0 radical (unpaired) electrons. The molecular formula is C23H26N2O5. The number of aryl methyl sites for hydroxylation is 1. The summed E-state index contributed by atoms with van der Waals surface area (Å²) in [7, 11) is 1.53. The molecule has 1 aliphatic heterocycles. The number of nitrogens with one attached hydrogen (secondary N) is 1. The Kier molecular flexibility index (Phi) is 6.72. The van der Waals surface area contributed by atoms with E-state index in [0.29, 0.717) is 17.1 Å². The molecule has 7 nitrogen and oxygen atoms in total. The number of ether oxygens (including phenoxy) is 2. The van der Waals surface area contributed by atoms with Crippen LogP contribution >= 0.6 is 0 Å². The molecule has 1 aliphatic rings. The van der Waals surface area contributed by atoms with Crippen molar-refractivity contribution in [2.24, 2.45) is 5.92 Å². The minimum Gasteiger partial charge on any atom is -0.495 e. The number of esters is 1. The van der Waals surface area contributed by atoms with Crippen molar-refractivity contribution in [1.29, 1.82) is 0 Å². The lowest BCUT2D eigenvalue weighted by Crippen LogP contribution is -2.33. The zero-order valence-corrected chi connectivity index (χ0v) is 17.4. The van der Waals surface area contributed by atoms with Crippen molar-refractivity contribution in [1.82, 2.24) is 0 Å². The quantitative estimate of drug-likeness (QED) is 0.709. The maximum absolute atomic E-state index is 12.6. The molecule has 2 amide bonds. The number of hydrogen-bond donors (Lipinski definition) is 1. The lowest BCUT2D eigenvalue weighted by atomic mass is 10.1. The summed E-state index contributed by atoms with van der Waals surface area (Å²) >= 11 is 0. The third-order valence-electron chi connectivity index (χ3n) is 5.13. The lowest BCUT2D eigenvalue weighted by molar-refractivity contribution is -0.157. The Morgan fingerprint density at radius 3 is 2.53 bits per heavy atom. The van der Waals surface area contributed by atoms with Gasteiger partial charge in [0, 0.05) is 18.7 Å². The number of carbonyl (C=O) groups excluding carboxylic acids is 3. The first kappa shape index (κ1) is 21.4. The van der Waals surface area contributed by atoms with Gasteiger partial charge in [-0.1, -0.05) is 31.2 Å². The van der Waals surface area contributed by atoms with Crippen LogP contribution in [0.15, 0.2) is 48.5 Å². The van der Waals surface area contributed by atoms with Crippen LogP contribution in [0.5, 0.6) is 5.75 Å². The molecule has 2 aromatic rings. The monoisotopic (exact) mass is 410 g/mol. The smallest absolute Gasteiger partial charge is 0.312 e. The molecule has 1 N–H and O–H groups in total. The summed E-state index contributed by atoms with van der Waals surface area (Å²) in [6, 6.07) is 14.6. The summed E-state index contributed by atoms with van der Waals surface area (Å²) in [6.45, 7) is 3.76. The second kappa shape index (κ2) is 9.43. The molecule has 2 aromatic carbocycles. The van der Waals surface area contributed by atoms with Crippen LogP contribution in [-0.2, 0) is 25.5 Å². The van der Waals surface area contributed by atoms with Crippen molar-refractivity contribution in [2.75, 3.05) is 23.9 Å². The molecule has 0 saturated carbocycles. The Labute approximate surface area is 176 Å². The number of nitrogens with zero attached hydrogens (tertiary/aromatic N) is 1. The highest BCUT2D eigenvalue weighted by Crippen LogP contribution is 2.33. The van der Waals surface area contributed by atoms with E-state index in [4.69, 9.17) is 9.47 Å². The fourth-order valence-electron chi connectivity index (χ4n) is 3.34. The van der Waals surface area contributed by atoms with Gasteiger partial charge in [-0.15, -0.1) is 0 Å². The Hall–Kier alpha value is -3.35. The summed E-state index contributed by atoms with van der Waals surface area (Å²) in [5, 5.41) is 2.74. The average molecular weight is 410 g/mol. The minimum atomic E-state index is -0.973. The number of amides is 2. The summed E-state index contributed by atoms with van der Waals surface area (Å²) in [4.78, 5) is 38.9. The van der Waals surface area contributed by atoms with Crippen molar-refractivity contribution in [3.63, 3.8) is 0 Å². The first-order valence-electron chi connectivity index (χ1n) is 9.96. The first-order valence-corrected chi connectivity index (χ1v) is 9.96. The number of methoxy groups -OCH3 is 1. The molecular weight excluding hydrogens is 384 g/mol. The Morgan fingerprint density at radius 2 is 1.87 bits per heavy atom. The largest absolute Gasteiger partial charge is 0.495 e. The number of hydrogen-bond acceptors (Lipinski definition) is 5. The zero-order chi connectivity index (χ0) is 21.7. The van der Waals surface area contributed by atoms with Crippen LogP contribution in [0.3, 0.4) is 0 Å². The van der Waals surface area contributed by atoms with Crippen molar-refractivity contribution < 1.29 is 23.9 Å². The third-order valence-corrected chi connectivity index (χ3v) is 5.13. The van der Waals surface area contributed by atoms with Crippen LogP contribution in [0.25, 0.3) is 0 Å². The van der Waals surface area contributed by atoms with E-state index >= 15 is 0 Å². The van der Waals surface area contributed by atoms with E-state index < -0.39 is 23.9 Å². The maximum Gasteiger partial charge on any atom is 0.312 e. The molecule has 30 heavy (non-hydrogen) atoms. The molecule has 2 atom stereocenters. The number of para-hydroxylation sites is 2. The van der Waals surface area contributed by atoms with E-state index in [0.717, 1.165) is 12.0 Å². The fraction of sp³-hybridized carbons (Fsp3) is 0.348. The highest BCUT2D eigenvalue weighted by molar-refractivity contribution is 6.01. The second-order valence-electron chi connectivity index (χ2n) is 7.20. The molecule has 1 heterocycles. The van der Waals surface area contributed by atoms with Crippen LogP contribution in [-0.4, -0.2) is 37.5 Å². The molecule has 7 heteroatoms. The van der Waals surface area contributed by atoms with Gasteiger partial charge < -0.3 is 19.7 Å². The predicted molar refractivity (Wildman–Crippen MR) is 113 cm³/mol. The van der Waals surface area contributed by atoms with E-state index in [1.165, 1.54) is 18.9 Å². The molecule has 158 valence electrons. The summed E-state index contributed by atoms with van der Waals surface area (Å²) in [5.41, 5.74) is 2.41. The third kappa shape index (κ3) is 4.79. The molecule has 1 fully saturated rings. The molecule has 0 aromatic heterocycles. The van der Waals surface area contributed by atoms with Crippen molar-refractivity contribution in [3.8, 4) is 5.75 Å². The number of benzene rings is 2. The second-order valence-corrected chi connectivity index (χ2v) is 7.20. The molecule has 0 spiro atoms. The molecule has 0 aliphatic carbocycles. The van der Waals surface area contributed by atoms with Gasteiger partial charge in [-0.2, -0.15) is 0 Å². The van der Waals surface area contributed by atoms with Gasteiger partial charge in [-0.3, -0.25) is 14.4 Å². The Balaban J connectivity index is 1.58. The van der Waals surface area contributed by atoms with Crippen LogP contribution in [0.2, 0.25) is 0 Å². The average Bonchev–Trinajstić information content (AvgIpc) is 3.15. The Morgan fingerprint density at radius 1 is 1.17 bits per heavy atom. The topological polar surface area (TPSA) is 84.9 Å². The van der Waals surface area contributed by atoms with E-state index in [2.05, 4.69) is 12.2 Å². The van der Waals surface area contributed by atoms with E-state index in [-0.39, 0.29) is 18.9 Å². The lowest BCUT2D eigenvalue weighted by Gasteiger charge is -2.20. The van der Waals surface area contributed by atoms with E-state index in [1.807, 2.05) is 30.3 Å². The van der Waals surface area contributed by atoms with Gasteiger partial charge in [-0.25, -0.2) is 0 Å². The zero-order valence-electron chi connectivity index (χ0n) is 17.4.